The number of amides is 1. The predicted octanol–water partition coefficient (Wildman–Crippen LogP) is 2.42. The Hall–Kier alpha value is -2.74. The Labute approximate surface area is 158 Å². The van der Waals surface area contributed by atoms with Gasteiger partial charge in [0, 0.05) is 12.2 Å². The molecule has 8 heteroatoms. The van der Waals surface area contributed by atoms with Gasteiger partial charge < -0.3 is 14.8 Å². The van der Waals surface area contributed by atoms with Crippen LogP contribution in [0.2, 0.25) is 0 Å². The molecule has 0 spiro atoms. The lowest BCUT2D eigenvalue weighted by molar-refractivity contribution is -0.118. The molecule has 0 saturated carbocycles. The number of rotatable bonds is 6. The van der Waals surface area contributed by atoms with Crippen LogP contribution in [0.25, 0.3) is 0 Å². The molecule has 0 radical (unpaired) electrons. The molecule has 1 N–H and O–H groups in total. The second-order valence-electron chi connectivity index (χ2n) is 6.29. The van der Waals surface area contributed by atoms with Gasteiger partial charge >= 0.3 is 0 Å². The first-order valence-electron chi connectivity index (χ1n) is 8.54. The third-order valence-electron chi connectivity index (χ3n) is 4.27. The van der Waals surface area contributed by atoms with Gasteiger partial charge in [-0.25, -0.2) is 8.42 Å². The smallest absolute Gasteiger partial charge is 0.262 e. The summed E-state index contributed by atoms with van der Waals surface area (Å²) in [6, 6.07) is 12.2. The number of benzene rings is 2. The molecule has 1 amide bonds. The molecule has 0 atom stereocenters. The molecule has 1 aliphatic heterocycles. The molecule has 2 aromatic rings. The molecule has 2 aromatic carbocycles. The van der Waals surface area contributed by atoms with Crippen LogP contribution in [0.3, 0.4) is 0 Å². The maximum atomic E-state index is 12.1. The Morgan fingerprint density at radius 3 is 2.52 bits per heavy atom. The first-order chi connectivity index (χ1) is 12.9. The van der Waals surface area contributed by atoms with Crippen molar-refractivity contribution in [1.29, 1.82) is 0 Å². The van der Waals surface area contributed by atoms with E-state index in [4.69, 9.17) is 9.47 Å². The largest absolute Gasteiger partial charge is 0.497 e. The molecule has 0 bridgehead atoms. The van der Waals surface area contributed by atoms with Crippen molar-refractivity contribution >= 4 is 27.3 Å². The molecule has 7 nitrogen and oxygen atoms in total. The number of anilines is 2. The van der Waals surface area contributed by atoms with Gasteiger partial charge in [-0.1, -0.05) is 0 Å². The minimum atomic E-state index is -3.30. The van der Waals surface area contributed by atoms with E-state index in [1.807, 2.05) is 6.07 Å². The summed E-state index contributed by atoms with van der Waals surface area (Å²) in [5.74, 6) is 0.991. The van der Waals surface area contributed by atoms with Crippen LogP contribution in [-0.4, -0.2) is 40.8 Å². The lowest BCUT2D eigenvalue weighted by Gasteiger charge is -2.29. The highest BCUT2D eigenvalue weighted by Gasteiger charge is 2.24. The highest BCUT2D eigenvalue weighted by Crippen LogP contribution is 2.31. The zero-order valence-electron chi connectivity index (χ0n) is 15.3. The van der Waals surface area contributed by atoms with Crippen molar-refractivity contribution in [2.75, 3.05) is 36.1 Å². The fourth-order valence-corrected chi connectivity index (χ4v) is 4.00. The lowest BCUT2D eigenvalue weighted by atomic mass is 10.0. The summed E-state index contributed by atoms with van der Waals surface area (Å²) >= 11 is 0. The molecular weight excluding hydrogens is 368 g/mol. The number of aryl methyl sites for hydroxylation is 1. The maximum absolute atomic E-state index is 12.1. The third kappa shape index (κ3) is 4.71. The Morgan fingerprint density at radius 1 is 1.15 bits per heavy atom. The van der Waals surface area contributed by atoms with Crippen LogP contribution in [0.5, 0.6) is 11.5 Å². The SMILES string of the molecule is COc1ccc(OCC(=O)Nc2ccc3c(c2)CCCN3S(C)(=O)=O)cc1. The number of ether oxygens (including phenoxy) is 2. The maximum Gasteiger partial charge on any atom is 0.262 e. The van der Waals surface area contributed by atoms with Crippen molar-refractivity contribution in [3.8, 4) is 11.5 Å². The Morgan fingerprint density at radius 2 is 1.85 bits per heavy atom. The zero-order valence-corrected chi connectivity index (χ0v) is 16.1. The summed E-state index contributed by atoms with van der Waals surface area (Å²) in [4.78, 5) is 12.1. The molecule has 144 valence electrons. The molecule has 0 aromatic heterocycles. The molecule has 1 heterocycles. The minimum absolute atomic E-state index is 0.126. The molecule has 0 aliphatic carbocycles. The fourth-order valence-electron chi connectivity index (χ4n) is 3.00. The van der Waals surface area contributed by atoms with E-state index in [1.165, 1.54) is 10.6 Å². The van der Waals surface area contributed by atoms with Crippen LogP contribution < -0.4 is 19.1 Å². The number of sulfonamides is 1. The number of hydrogen-bond acceptors (Lipinski definition) is 5. The van der Waals surface area contributed by atoms with E-state index in [2.05, 4.69) is 5.32 Å². The Bertz CT molecular complexity index is 926. The van der Waals surface area contributed by atoms with Crippen molar-refractivity contribution in [1.82, 2.24) is 0 Å². The minimum Gasteiger partial charge on any atom is -0.497 e. The fraction of sp³-hybridized carbons (Fsp3) is 0.316. The van der Waals surface area contributed by atoms with Gasteiger partial charge in [-0.15, -0.1) is 0 Å². The third-order valence-corrected chi connectivity index (χ3v) is 5.45. The van der Waals surface area contributed by atoms with Gasteiger partial charge in [0.05, 0.1) is 19.1 Å². The van der Waals surface area contributed by atoms with Crippen molar-refractivity contribution in [2.45, 2.75) is 12.8 Å². The van der Waals surface area contributed by atoms with E-state index in [0.29, 0.717) is 29.4 Å². The second-order valence-corrected chi connectivity index (χ2v) is 8.20. The predicted molar refractivity (Wildman–Crippen MR) is 104 cm³/mol. The average Bonchev–Trinajstić information content (AvgIpc) is 2.65. The van der Waals surface area contributed by atoms with Gasteiger partial charge in [-0.2, -0.15) is 0 Å². The van der Waals surface area contributed by atoms with Gasteiger partial charge in [0.1, 0.15) is 11.5 Å². The molecule has 27 heavy (non-hydrogen) atoms. The van der Waals surface area contributed by atoms with Gasteiger partial charge in [-0.05, 0) is 60.9 Å². The first kappa shape index (κ1) is 19.0. The molecule has 3 rings (SSSR count). The number of carbonyl (C=O) groups is 1. The van der Waals surface area contributed by atoms with Crippen LogP contribution in [0.1, 0.15) is 12.0 Å². The van der Waals surface area contributed by atoms with Gasteiger partial charge in [-0.3, -0.25) is 9.10 Å². The Kier molecular flexibility index (Phi) is 5.55. The lowest BCUT2D eigenvalue weighted by Crippen LogP contribution is -2.34. The van der Waals surface area contributed by atoms with Crippen LogP contribution in [0, 0.1) is 0 Å². The quantitative estimate of drug-likeness (QED) is 0.819. The summed E-state index contributed by atoms with van der Waals surface area (Å²) in [6.07, 6.45) is 2.72. The number of nitrogens with zero attached hydrogens (tertiary/aromatic N) is 1. The van der Waals surface area contributed by atoms with E-state index >= 15 is 0 Å². The van der Waals surface area contributed by atoms with Crippen LogP contribution in [0.15, 0.2) is 42.5 Å². The number of carbonyl (C=O) groups excluding carboxylic acids is 1. The van der Waals surface area contributed by atoms with Crippen LogP contribution >= 0.6 is 0 Å². The standard InChI is InChI=1S/C19H22N2O5S/c1-25-16-6-8-17(9-7-16)26-13-19(22)20-15-5-10-18-14(12-15)4-3-11-21(18)27(2,23)24/h5-10,12H,3-4,11,13H2,1-2H3,(H,20,22). The van der Waals surface area contributed by atoms with E-state index in [1.54, 1.807) is 43.5 Å². The molecule has 1 aliphatic rings. The second kappa shape index (κ2) is 7.87. The average molecular weight is 390 g/mol. The summed E-state index contributed by atoms with van der Waals surface area (Å²) in [5, 5.41) is 2.78. The topological polar surface area (TPSA) is 84.9 Å². The molecular formula is C19H22N2O5S. The normalized spacial score (nSPS) is 13.6. The number of hydrogen-bond donors (Lipinski definition) is 1. The van der Waals surface area contributed by atoms with Crippen molar-refractivity contribution in [3.05, 3.63) is 48.0 Å². The van der Waals surface area contributed by atoms with Crippen molar-refractivity contribution in [3.63, 3.8) is 0 Å². The highest BCUT2D eigenvalue weighted by atomic mass is 32.2. The van der Waals surface area contributed by atoms with Crippen LogP contribution in [-0.2, 0) is 21.2 Å². The van der Waals surface area contributed by atoms with Gasteiger partial charge in [0.15, 0.2) is 6.61 Å². The molecule has 0 saturated heterocycles. The highest BCUT2D eigenvalue weighted by molar-refractivity contribution is 7.92. The van der Waals surface area contributed by atoms with Gasteiger partial charge in [0.2, 0.25) is 10.0 Å². The zero-order chi connectivity index (χ0) is 19.4. The molecule has 0 unspecified atom stereocenters. The number of fused-ring (bicyclic) bond motifs is 1. The number of methoxy groups -OCH3 is 1. The summed E-state index contributed by atoms with van der Waals surface area (Å²) in [6.45, 7) is 0.353. The van der Waals surface area contributed by atoms with E-state index in [0.717, 1.165) is 18.4 Å². The summed E-state index contributed by atoms with van der Waals surface area (Å²) in [7, 11) is -1.72. The summed E-state index contributed by atoms with van der Waals surface area (Å²) in [5.41, 5.74) is 2.20. The first-order valence-corrected chi connectivity index (χ1v) is 10.4. The van der Waals surface area contributed by atoms with E-state index < -0.39 is 10.0 Å². The van der Waals surface area contributed by atoms with E-state index in [9.17, 15) is 13.2 Å². The van der Waals surface area contributed by atoms with Crippen molar-refractivity contribution in [2.24, 2.45) is 0 Å². The summed E-state index contributed by atoms with van der Waals surface area (Å²) < 4.78 is 35.7. The van der Waals surface area contributed by atoms with Gasteiger partial charge in [0.25, 0.3) is 5.91 Å². The van der Waals surface area contributed by atoms with Crippen LogP contribution in [0.4, 0.5) is 11.4 Å². The monoisotopic (exact) mass is 390 g/mol. The number of nitrogens with one attached hydrogen (secondary N) is 1. The van der Waals surface area contributed by atoms with E-state index in [-0.39, 0.29) is 12.5 Å². The van der Waals surface area contributed by atoms with Crippen molar-refractivity contribution < 1.29 is 22.7 Å². The molecule has 0 fully saturated rings. The Balaban J connectivity index is 1.63.